The quantitative estimate of drug-likeness (QED) is 0.385. The number of nitrogens with one attached hydrogen (secondary N) is 1. The highest BCUT2D eigenvalue weighted by atomic mass is 32.1. The van der Waals surface area contributed by atoms with Crippen molar-refractivity contribution in [2.75, 3.05) is 30.9 Å². The van der Waals surface area contributed by atoms with Gasteiger partial charge in [0.25, 0.3) is 11.6 Å². The predicted octanol–water partition coefficient (Wildman–Crippen LogP) is 3.67. The predicted molar refractivity (Wildman–Crippen MR) is 108 cm³/mol. The minimum Gasteiger partial charge on any atom is -0.451 e. The molecule has 0 saturated carbocycles. The Bertz CT molecular complexity index is 1040. The maximum absolute atomic E-state index is 12.2. The fourth-order valence-corrected chi connectivity index (χ4v) is 3.42. The Morgan fingerprint density at radius 1 is 1.14 bits per heavy atom. The van der Waals surface area contributed by atoms with Crippen LogP contribution in [0.4, 0.5) is 17.1 Å². The zero-order valence-corrected chi connectivity index (χ0v) is 16.0. The molecule has 9 heteroatoms. The van der Waals surface area contributed by atoms with Crippen LogP contribution in [0.1, 0.15) is 9.67 Å². The SMILES string of the molecule is CN(C)c1ccc(NC(=O)COC(=O)c2cc3cc([N+](=O)[O-])ccc3s2)cc1. The lowest BCUT2D eigenvalue weighted by Gasteiger charge is -2.13. The lowest BCUT2D eigenvalue weighted by Crippen LogP contribution is -2.20. The van der Waals surface area contributed by atoms with Crippen LogP contribution in [0.3, 0.4) is 0 Å². The van der Waals surface area contributed by atoms with Gasteiger partial charge < -0.3 is 15.0 Å². The van der Waals surface area contributed by atoms with Gasteiger partial charge in [-0.15, -0.1) is 11.3 Å². The number of non-ortho nitro benzene ring substituents is 1. The third kappa shape index (κ3) is 4.44. The van der Waals surface area contributed by atoms with Gasteiger partial charge in [-0.25, -0.2) is 4.79 Å². The number of esters is 1. The van der Waals surface area contributed by atoms with Gasteiger partial charge in [-0.1, -0.05) is 0 Å². The van der Waals surface area contributed by atoms with Crippen molar-refractivity contribution in [3.8, 4) is 0 Å². The topological polar surface area (TPSA) is 102 Å². The Hall–Kier alpha value is -3.46. The molecule has 2 aromatic carbocycles. The van der Waals surface area contributed by atoms with Crippen molar-refractivity contribution >= 4 is 50.4 Å². The molecule has 1 N–H and O–H groups in total. The van der Waals surface area contributed by atoms with Crippen molar-refractivity contribution in [3.05, 3.63) is 63.5 Å². The highest BCUT2D eigenvalue weighted by molar-refractivity contribution is 7.20. The molecule has 0 aliphatic rings. The van der Waals surface area contributed by atoms with Crippen LogP contribution in [0, 0.1) is 10.1 Å². The van der Waals surface area contributed by atoms with Crippen LogP contribution in [0.15, 0.2) is 48.5 Å². The average molecular weight is 399 g/mol. The monoisotopic (exact) mass is 399 g/mol. The molecule has 0 fully saturated rings. The zero-order chi connectivity index (χ0) is 20.3. The summed E-state index contributed by atoms with van der Waals surface area (Å²) in [4.78, 5) is 36.7. The van der Waals surface area contributed by atoms with Crippen molar-refractivity contribution in [3.63, 3.8) is 0 Å². The summed E-state index contributed by atoms with van der Waals surface area (Å²) >= 11 is 1.15. The Balaban J connectivity index is 1.59. The number of nitro groups is 1. The highest BCUT2D eigenvalue weighted by Crippen LogP contribution is 2.29. The molecule has 28 heavy (non-hydrogen) atoms. The zero-order valence-electron chi connectivity index (χ0n) is 15.2. The molecule has 1 amide bonds. The number of fused-ring (bicyclic) bond motifs is 1. The lowest BCUT2D eigenvalue weighted by atomic mass is 10.2. The number of nitro benzene ring substituents is 1. The first-order chi connectivity index (χ1) is 13.3. The molecule has 0 unspecified atom stereocenters. The second kappa shape index (κ2) is 8.05. The minimum absolute atomic E-state index is 0.0510. The fraction of sp³-hybridized carbons (Fsp3) is 0.158. The summed E-state index contributed by atoms with van der Waals surface area (Å²) in [6, 6.07) is 13.1. The number of anilines is 2. The Morgan fingerprint density at radius 3 is 2.50 bits per heavy atom. The van der Waals surface area contributed by atoms with E-state index in [1.807, 2.05) is 31.1 Å². The van der Waals surface area contributed by atoms with Gasteiger partial charge in [0.15, 0.2) is 6.61 Å². The summed E-state index contributed by atoms with van der Waals surface area (Å²) in [5.41, 5.74) is 1.54. The molecule has 8 nitrogen and oxygen atoms in total. The number of hydrogen-bond donors (Lipinski definition) is 1. The van der Waals surface area contributed by atoms with E-state index >= 15 is 0 Å². The van der Waals surface area contributed by atoms with Gasteiger partial charge in [-0.05, 0) is 36.4 Å². The second-order valence-corrected chi connectivity index (χ2v) is 7.24. The first kappa shape index (κ1) is 19.3. The van der Waals surface area contributed by atoms with E-state index in [0.717, 1.165) is 21.7 Å². The van der Waals surface area contributed by atoms with E-state index in [0.29, 0.717) is 11.1 Å². The number of rotatable bonds is 6. The summed E-state index contributed by atoms with van der Waals surface area (Å²) in [6.45, 7) is -0.428. The molecule has 0 bridgehead atoms. The number of benzene rings is 2. The van der Waals surface area contributed by atoms with Crippen LogP contribution in [-0.4, -0.2) is 37.5 Å². The number of thiophene rings is 1. The largest absolute Gasteiger partial charge is 0.451 e. The maximum atomic E-state index is 12.2. The van der Waals surface area contributed by atoms with E-state index in [2.05, 4.69) is 5.32 Å². The molecule has 1 aromatic heterocycles. The van der Waals surface area contributed by atoms with Gasteiger partial charge in [0.1, 0.15) is 4.88 Å². The van der Waals surface area contributed by atoms with Crippen LogP contribution in [-0.2, 0) is 9.53 Å². The molecule has 0 saturated heterocycles. The molecule has 0 radical (unpaired) electrons. The van der Waals surface area contributed by atoms with Crippen molar-refractivity contribution < 1.29 is 19.2 Å². The molecule has 3 rings (SSSR count). The van der Waals surface area contributed by atoms with Gasteiger partial charge in [-0.2, -0.15) is 0 Å². The summed E-state index contributed by atoms with van der Waals surface area (Å²) in [6.07, 6.45) is 0. The fourth-order valence-electron chi connectivity index (χ4n) is 2.49. The first-order valence-corrected chi connectivity index (χ1v) is 9.07. The number of amides is 1. The van der Waals surface area contributed by atoms with E-state index in [4.69, 9.17) is 4.74 Å². The van der Waals surface area contributed by atoms with E-state index in [9.17, 15) is 19.7 Å². The Labute approximate surface area is 164 Å². The maximum Gasteiger partial charge on any atom is 0.348 e. The third-order valence-corrected chi connectivity index (χ3v) is 5.01. The van der Waals surface area contributed by atoms with Crippen molar-refractivity contribution in [2.24, 2.45) is 0 Å². The van der Waals surface area contributed by atoms with Crippen LogP contribution < -0.4 is 10.2 Å². The van der Waals surface area contributed by atoms with Crippen LogP contribution >= 0.6 is 11.3 Å². The van der Waals surface area contributed by atoms with E-state index in [-0.39, 0.29) is 10.6 Å². The smallest absolute Gasteiger partial charge is 0.348 e. The number of ether oxygens (including phenoxy) is 1. The molecule has 0 spiro atoms. The van der Waals surface area contributed by atoms with Crippen molar-refractivity contribution in [2.45, 2.75) is 0 Å². The minimum atomic E-state index is -0.651. The molecule has 0 aliphatic carbocycles. The van der Waals surface area contributed by atoms with Crippen molar-refractivity contribution in [1.29, 1.82) is 0 Å². The summed E-state index contributed by atoms with van der Waals surface area (Å²) in [7, 11) is 3.83. The molecule has 1 heterocycles. The third-order valence-electron chi connectivity index (χ3n) is 3.91. The van der Waals surface area contributed by atoms with Gasteiger partial charge >= 0.3 is 5.97 Å². The summed E-state index contributed by atoms with van der Waals surface area (Å²) < 4.78 is 5.77. The number of carbonyl (C=O) groups excluding carboxylic acids is 2. The van der Waals surface area contributed by atoms with E-state index in [1.54, 1.807) is 18.2 Å². The molecule has 3 aromatic rings. The van der Waals surface area contributed by atoms with Crippen LogP contribution in [0.5, 0.6) is 0 Å². The lowest BCUT2D eigenvalue weighted by molar-refractivity contribution is -0.384. The van der Waals surface area contributed by atoms with E-state index in [1.165, 1.54) is 18.2 Å². The molecular formula is C19H17N3O5S. The van der Waals surface area contributed by atoms with Crippen LogP contribution in [0.25, 0.3) is 10.1 Å². The average Bonchev–Trinajstić information content (AvgIpc) is 3.10. The summed E-state index contributed by atoms with van der Waals surface area (Å²) in [5.74, 6) is -1.11. The second-order valence-electron chi connectivity index (χ2n) is 6.16. The molecular weight excluding hydrogens is 382 g/mol. The Kier molecular flexibility index (Phi) is 5.55. The molecule has 0 aliphatic heterocycles. The summed E-state index contributed by atoms with van der Waals surface area (Å²) in [5, 5.41) is 14.1. The van der Waals surface area contributed by atoms with E-state index < -0.39 is 23.4 Å². The molecule has 144 valence electrons. The first-order valence-electron chi connectivity index (χ1n) is 8.26. The standard InChI is InChI=1S/C19H17N3O5S/c1-21(2)14-5-3-13(4-6-14)20-18(23)11-27-19(24)17-10-12-9-15(22(25)26)7-8-16(12)28-17/h3-10H,11H2,1-2H3,(H,20,23). The normalized spacial score (nSPS) is 10.5. The van der Waals surface area contributed by atoms with Gasteiger partial charge in [-0.3, -0.25) is 14.9 Å². The van der Waals surface area contributed by atoms with Gasteiger partial charge in [0, 0.05) is 47.7 Å². The number of hydrogen-bond acceptors (Lipinski definition) is 7. The number of nitrogens with zero attached hydrogens (tertiary/aromatic N) is 2. The van der Waals surface area contributed by atoms with Crippen LogP contribution in [0.2, 0.25) is 0 Å². The number of carbonyl (C=O) groups is 2. The van der Waals surface area contributed by atoms with Crippen molar-refractivity contribution in [1.82, 2.24) is 0 Å². The van der Waals surface area contributed by atoms with Gasteiger partial charge in [0.2, 0.25) is 0 Å². The molecule has 0 atom stereocenters. The van der Waals surface area contributed by atoms with Gasteiger partial charge in [0.05, 0.1) is 4.92 Å². The highest BCUT2D eigenvalue weighted by Gasteiger charge is 2.16. The Morgan fingerprint density at radius 2 is 1.86 bits per heavy atom.